The molecular formula is C13H9BrN2. The van der Waals surface area contributed by atoms with Crippen LogP contribution in [0.5, 0.6) is 0 Å². The van der Waals surface area contributed by atoms with E-state index in [4.69, 9.17) is 0 Å². The molecule has 0 unspecified atom stereocenters. The van der Waals surface area contributed by atoms with Gasteiger partial charge in [-0.3, -0.25) is 5.10 Å². The lowest BCUT2D eigenvalue weighted by Gasteiger charge is -2.02. The van der Waals surface area contributed by atoms with E-state index in [9.17, 15) is 0 Å². The van der Waals surface area contributed by atoms with Crippen LogP contribution in [-0.4, -0.2) is 10.2 Å². The molecule has 0 aliphatic carbocycles. The Labute approximate surface area is 101 Å². The first-order valence-electron chi connectivity index (χ1n) is 5.01. The highest BCUT2D eigenvalue weighted by molar-refractivity contribution is 9.10. The molecule has 16 heavy (non-hydrogen) atoms. The van der Waals surface area contributed by atoms with E-state index in [1.165, 1.54) is 16.3 Å². The smallest absolute Gasteiger partial charge is 0.0565 e. The van der Waals surface area contributed by atoms with Gasteiger partial charge in [0, 0.05) is 16.2 Å². The predicted octanol–water partition coefficient (Wildman–Crippen LogP) is 3.99. The van der Waals surface area contributed by atoms with Crippen LogP contribution in [0.1, 0.15) is 0 Å². The van der Waals surface area contributed by atoms with E-state index in [1.54, 1.807) is 0 Å². The van der Waals surface area contributed by atoms with Crippen molar-refractivity contribution in [3.05, 3.63) is 53.3 Å². The zero-order valence-electron chi connectivity index (χ0n) is 8.44. The number of hydrogen-bond acceptors (Lipinski definition) is 1. The molecule has 1 N–H and O–H groups in total. The monoisotopic (exact) mass is 272 g/mol. The Bertz CT molecular complexity index is 629. The van der Waals surface area contributed by atoms with E-state index in [0.717, 1.165) is 10.0 Å². The third-order valence-corrected chi connectivity index (χ3v) is 3.13. The molecule has 0 fully saturated rings. The molecule has 3 aromatic rings. The van der Waals surface area contributed by atoms with Crippen molar-refractivity contribution in [2.24, 2.45) is 0 Å². The van der Waals surface area contributed by atoms with Crippen molar-refractivity contribution in [2.45, 2.75) is 0 Å². The fourth-order valence-corrected chi connectivity index (χ4v) is 2.18. The van der Waals surface area contributed by atoms with Gasteiger partial charge in [0.1, 0.15) is 0 Å². The number of benzene rings is 2. The Morgan fingerprint density at radius 2 is 1.75 bits per heavy atom. The van der Waals surface area contributed by atoms with Gasteiger partial charge in [-0.1, -0.05) is 34.1 Å². The van der Waals surface area contributed by atoms with Gasteiger partial charge >= 0.3 is 0 Å². The molecule has 0 amide bonds. The van der Waals surface area contributed by atoms with E-state index in [0.29, 0.717) is 0 Å². The molecule has 2 nitrogen and oxygen atoms in total. The summed E-state index contributed by atoms with van der Waals surface area (Å²) >= 11 is 3.47. The van der Waals surface area contributed by atoms with Gasteiger partial charge in [-0.25, -0.2) is 0 Å². The lowest BCUT2D eigenvalue weighted by atomic mass is 10.0. The van der Waals surface area contributed by atoms with Crippen molar-refractivity contribution in [3.63, 3.8) is 0 Å². The second kappa shape index (κ2) is 3.76. The first-order chi connectivity index (χ1) is 7.83. The maximum Gasteiger partial charge on any atom is 0.0565 e. The van der Waals surface area contributed by atoms with Crippen LogP contribution in [0.3, 0.4) is 0 Å². The van der Waals surface area contributed by atoms with Crippen molar-refractivity contribution < 1.29 is 0 Å². The fourth-order valence-electron chi connectivity index (χ4n) is 1.80. The van der Waals surface area contributed by atoms with Gasteiger partial charge in [0.25, 0.3) is 0 Å². The molecule has 3 rings (SSSR count). The summed E-state index contributed by atoms with van der Waals surface area (Å²) in [6.07, 6.45) is 3.74. The number of rotatable bonds is 1. The lowest BCUT2D eigenvalue weighted by molar-refractivity contribution is 1.09. The summed E-state index contributed by atoms with van der Waals surface area (Å²) in [5.41, 5.74) is 2.30. The summed E-state index contributed by atoms with van der Waals surface area (Å²) in [7, 11) is 0. The van der Waals surface area contributed by atoms with Crippen LogP contribution in [-0.2, 0) is 0 Å². The van der Waals surface area contributed by atoms with Crippen LogP contribution in [0, 0.1) is 0 Å². The summed E-state index contributed by atoms with van der Waals surface area (Å²) in [5, 5.41) is 9.26. The Balaban J connectivity index is 2.20. The van der Waals surface area contributed by atoms with Crippen molar-refractivity contribution in [1.29, 1.82) is 0 Å². The van der Waals surface area contributed by atoms with Crippen LogP contribution in [0.2, 0.25) is 0 Å². The molecular weight excluding hydrogens is 264 g/mol. The van der Waals surface area contributed by atoms with E-state index in [2.05, 4.69) is 62.5 Å². The summed E-state index contributed by atoms with van der Waals surface area (Å²) in [6.45, 7) is 0. The van der Waals surface area contributed by atoms with Crippen LogP contribution < -0.4 is 0 Å². The lowest BCUT2D eigenvalue weighted by Crippen LogP contribution is -1.77. The Kier molecular flexibility index (Phi) is 2.26. The molecule has 78 valence electrons. The zero-order valence-corrected chi connectivity index (χ0v) is 10.0. The van der Waals surface area contributed by atoms with Crippen LogP contribution in [0.15, 0.2) is 53.3 Å². The topological polar surface area (TPSA) is 28.7 Å². The first kappa shape index (κ1) is 9.60. The van der Waals surface area contributed by atoms with Gasteiger partial charge in [0.15, 0.2) is 0 Å². The molecule has 0 bridgehead atoms. The minimum atomic E-state index is 1.11. The quantitative estimate of drug-likeness (QED) is 0.713. The highest BCUT2D eigenvalue weighted by Gasteiger charge is 2.00. The summed E-state index contributed by atoms with van der Waals surface area (Å²) in [4.78, 5) is 0. The highest BCUT2D eigenvalue weighted by atomic mass is 79.9. The van der Waals surface area contributed by atoms with E-state index < -0.39 is 0 Å². The molecule has 0 spiro atoms. The number of nitrogens with zero attached hydrogens (tertiary/aromatic N) is 1. The number of halogens is 1. The number of nitrogens with one attached hydrogen (secondary N) is 1. The highest BCUT2D eigenvalue weighted by Crippen LogP contribution is 2.25. The predicted molar refractivity (Wildman–Crippen MR) is 69.2 cm³/mol. The average molecular weight is 273 g/mol. The Morgan fingerprint density at radius 1 is 0.938 bits per heavy atom. The van der Waals surface area contributed by atoms with E-state index in [-0.39, 0.29) is 0 Å². The normalized spacial score (nSPS) is 10.8. The largest absolute Gasteiger partial charge is 0.285 e. The minimum absolute atomic E-state index is 1.11. The van der Waals surface area contributed by atoms with Crippen molar-refractivity contribution >= 4 is 26.7 Å². The van der Waals surface area contributed by atoms with Crippen molar-refractivity contribution in [1.82, 2.24) is 10.2 Å². The third kappa shape index (κ3) is 1.63. The molecule has 0 saturated heterocycles. The maximum absolute atomic E-state index is 3.96. The Morgan fingerprint density at radius 3 is 2.56 bits per heavy atom. The molecule has 0 saturated carbocycles. The van der Waals surface area contributed by atoms with Gasteiger partial charge in [0.2, 0.25) is 0 Å². The van der Waals surface area contributed by atoms with Gasteiger partial charge < -0.3 is 0 Å². The van der Waals surface area contributed by atoms with Crippen LogP contribution >= 0.6 is 15.9 Å². The number of fused-ring (bicyclic) bond motifs is 1. The number of aromatic nitrogens is 2. The summed E-state index contributed by atoms with van der Waals surface area (Å²) in [6, 6.07) is 12.7. The maximum atomic E-state index is 3.96. The zero-order chi connectivity index (χ0) is 11.0. The third-order valence-electron chi connectivity index (χ3n) is 2.63. The van der Waals surface area contributed by atoms with Crippen LogP contribution in [0.25, 0.3) is 21.9 Å². The van der Waals surface area contributed by atoms with Gasteiger partial charge in [-0.2, -0.15) is 5.10 Å². The second-order valence-corrected chi connectivity index (χ2v) is 4.61. The molecule has 3 heteroatoms. The molecule has 1 aromatic heterocycles. The molecule has 0 radical (unpaired) electrons. The minimum Gasteiger partial charge on any atom is -0.285 e. The number of aromatic amines is 1. The number of H-pyrrole nitrogens is 1. The van der Waals surface area contributed by atoms with Crippen molar-refractivity contribution in [2.75, 3.05) is 0 Å². The van der Waals surface area contributed by atoms with Crippen molar-refractivity contribution in [3.8, 4) is 11.1 Å². The van der Waals surface area contributed by atoms with Gasteiger partial charge in [0.05, 0.1) is 6.20 Å². The Hall–Kier alpha value is -1.61. The van der Waals surface area contributed by atoms with E-state index in [1.807, 2.05) is 12.4 Å². The van der Waals surface area contributed by atoms with E-state index >= 15 is 0 Å². The summed E-state index contributed by atoms with van der Waals surface area (Å²) < 4.78 is 1.11. The second-order valence-electron chi connectivity index (χ2n) is 3.69. The molecule has 0 aliphatic rings. The summed E-state index contributed by atoms with van der Waals surface area (Å²) in [5.74, 6) is 0. The van der Waals surface area contributed by atoms with Gasteiger partial charge in [-0.15, -0.1) is 0 Å². The standard InChI is InChI=1S/C13H9BrN2/c14-13-4-3-9-5-10(1-2-11(9)6-13)12-7-15-16-8-12/h1-8H,(H,15,16). The average Bonchev–Trinajstić information content (AvgIpc) is 2.82. The first-order valence-corrected chi connectivity index (χ1v) is 5.81. The SMILES string of the molecule is Brc1ccc2cc(-c3cn[nH]c3)ccc2c1. The molecule has 0 atom stereocenters. The fraction of sp³-hybridized carbons (Fsp3) is 0. The molecule has 0 aliphatic heterocycles. The number of hydrogen-bond donors (Lipinski definition) is 1. The molecule has 1 heterocycles. The molecule has 2 aromatic carbocycles. The van der Waals surface area contributed by atoms with Gasteiger partial charge in [-0.05, 0) is 34.5 Å². The van der Waals surface area contributed by atoms with Crippen LogP contribution in [0.4, 0.5) is 0 Å².